The third-order valence-electron chi connectivity index (χ3n) is 2.76. The summed E-state index contributed by atoms with van der Waals surface area (Å²) in [6.07, 6.45) is 4.56. The Morgan fingerprint density at radius 1 is 1.47 bits per heavy atom. The van der Waals surface area contributed by atoms with Gasteiger partial charge in [0.15, 0.2) is 5.69 Å². The van der Waals surface area contributed by atoms with E-state index >= 15 is 0 Å². The highest BCUT2D eigenvalue weighted by molar-refractivity contribution is 5.86. The van der Waals surface area contributed by atoms with Crippen LogP contribution in [0.5, 0.6) is 0 Å². The van der Waals surface area contributed by atoms with Gasteiger partial charge in [-0.1, -0.05) is 25.0 Å². The topological polar surface area (TPSA) is 86.1 Å². The molecule has 1 amide bonds. The maximum atomic E-state index is 11.8. The second-order valence-electron chi connectivity index (χ2n) is 4.25. The number of amides is 1. The molecular formula is C12H20N4O3. The molecule has 19 heavy (non-hydrogen) atoms. The fourth-order valence-corrected chi connectivity index (χ4v) is 1.52. The van der Waals surface area contributed by atoms with Crippen molar-refractivity contribution >= 4 is 11.9 Å². The van der Waals surface area contributed by atoms with Crippen LogP contribution in [-0.2, 0) is 9.53 Å². The standard InChI is InChI=1S/C12H20N4O3/c1-4-5-6-7-13-11(17)9(2)16-8-10(14-15-16)12(18)19-3/h8-9H,4-7H2,1-3H3,(H,13,17). The van der Waals surface area contributed by atoms with Gasteiger partial charge in [0, 0.05) is 6.54 Å². The summed E-state index contributed by atoms with van der Waals surface area (Å²) in [7, 11) is 1.27. The zero-order chi connectivity index (χ0) is 14.3. The van der Waals surface area contributed by atoms with Crippen LogP contribution in [0.4, 0.5) is 0 Å². The molecule has 0 aliphatic rings. The molecule has 0 saturated heterocycles. The summed E-state index contributed by atoms with van der Waals surface area (Å²) in [5, 5.41) is 10.2. The lowest BCUT2D eigenvalue weighted by Gasteiger charge is -2.11. The highest BCUT2D eigenvalue weighted by atomic mass is 16.5. The van der Waals surface area contributed by atoms with Gasteiger partial charge in [0.05, 0.1) is 13.3 Å². The Kier molecular flexibility index (Phi) is 5.98. The SMILES string of the molecule is CCCCCNC(=O)C(C)n1cc(C(=O)OC)nn1. The Labute approximate surface area is 112 Å². The van der Waals surface area contributed by atoms with E-state index < -0.39 is 12.0 Å². The average molecular weight is 268 g/mol. The van der Waals surface area contributed by atoms with Crippen LogP contribution in [0.15, 0.2) is 6.20 Å². The minimum absolute atomic E-state index is 0.0909. The number of methoxy groups -OCH3 is 1. The molecule has 1 aromatic heterocycles. The third kappa shape index (κ3) is 4.35. The second-order valence-corrected chi connectivity index (χ2v) is 4.25. The fourth-order valence-electron chi connectivity index (χ4n) is 1.52. The van der Waals surface area contributed by atoms with E-state index in [1.54, 1.807) is 6.92 Å². The Morgan fingerprint density at radius 3 is 2.84 bits per heavy atom. The lowest BCUT2D eigenvalue weighted by Crippen LogP contribution is -2.32. The Morgan fingerprint density at radius 2 is 2.21 bits per heavy atom. The van der Waals surface area contributed by atoms with Gasteiger partial charge in [0.25, 0.3) is 0 Å². The molecule has 1 rings (SSSR count). The first-order chi connectivity index (χ1) is 9.10. The van der Waals surface area contributed by atoms with E-state index in [1.807, 2.05) is 0 Å². The number of aromatic nitrogens is 3. The first kappa shape index (κ1) is 15.1. The second kappa shape index (κ2) is 7.50. The molecular weight excluding hydrogens is 248 g/mol. The first-order valence-corrected chi connectivity index (χ1v) is 6.38. The monoisotopic (exact) mass is 268 g/mol. The largest absolute Gasteiger partial charge is 0.464 e. The Balaban J connectivity index is 2.52. The lowest BCUT2D eigenvalue weighted by atomic mass is 10.2. The van der Waals surface area contributed by atoms with Gasteiger partial charge in [-0.3, -0.25) is 4.79 Å². The third-order valence-corrected chi connectivity index (χ3v) is 2.76. The molecule has 0 radical (unpaired) electrons. The van der Waals surface area contributed by atoms with E-state index in [1.165, 1.54) is 18.0 Å². The van der Waals surface area contributed by atoms with E-state index in [0.29, 0.717) is 6.54 Å². The molecule has 0 aromatic carbocycles. The molecule has 0 saturated carbocycles. The maximum Gasteiger partial charge on any atom is 0.360 e. The highest BCUT2D eigenvalue weighted by Gasteiger charge is 2.18. The predicted octanol–water partition coefficient (Wildman–Crippen LogP) is 0.932. The van der Waals surface area contributed by atoms with Crippen molar-refractivity contribution in [1.82, 2.24) is 20.3 Å². The minimum Gasteiger partial charge on any atom is -0.464 e. The Bertz CT molecular complexity index is 430. The zero-order valence-corrected chi connectivity index (χ0v) is 11.5. The Hall–Kier alpha value is -1.92. The number of ether oxygens (including phenoxy) is 1. The number of nitrogens with one attached hydrogen (secondary N) is 1. The number of esters is 1. The number of hydrogen-bond donors (Lipinski definition) is 1. The van der Waals surface area contributed by atoms with Crippen molar-refractivity contribution in [3.63, 3.8) is 0 Å². The maximum absolute atomic E-state index is 11.8. The van der Waals surface area contributed by atoms with Crippen molar-refractivity contribution in [2.45, 2.75) is 39.2 Å². The van der Waals surface area contributed by atoms with Crippen molar-refractivity contribution < 1.29 is 14.3 Å². The first-order valence-electron chi connectivity index (χ1n) is 6.38. The van der Waals surface area contributed by atoms with Gasteiger partial charge in [0.2, 0.25) is 5.91 Å². The molecule has 1 aromatic rings. The van der Waals surface area contributed by atoms with E-state index in [-0.39, 0.29) is 11.6 Å². The number of rotatable bonds is 7. The van der Waals surface area contributed by atoms with E-state index in [2.05, 4.69) is 27.3 Å². The number of carbonyl (C=O) groups is 2. The van der Waals surface area contributed by atoms with Crippen LogP contribution >= 0.6 is 0 Å². The summed E-state index contributed by atoms with van der Waals surface area (Å²) in [6.45, 7) is 4.45. The molecule has 0 aliphatic carbocycles. The van der Waals surface area contributed by atoms with Crippen molar-refractivity contribution in [2.24, 2.45) is 0 Å². The molecule has 7 nitrogen and oxygen atoms in total. The number of unbranched alkanes of at least 4 members (excludes halogenated alkanes) is 2. The molecule has 1 unspecified atom stereocenters. The molecule has 0 bridgehead atoms. The predicted molar refractivity (Wildman–Crippen MR) is 68.6 cm³/mol. The molecule has 0 spiro atoms. The average Bonchev–Trinajstić information content (AvgIpc) is 2.91. The smallest absolute Gasteiger partial charge is 0.360 e. The highest BCUT2D eigenvalue weighted by Crippen LogP contribution is 2.05. The van der Waals surface area contributed by atoms with Gasteiger partial charge in [-0.2, -0.15) is 0 Å². The minimum atomic E-state index is -0.568. The van der Waals surface area contributed by atoms with Gasteiger partial charge >= 0.3 is 5.97 Å². The van der Waals surface area contributed by atoms with Gasteiger partial charge in [0.1, 0.15) is 6.04 Å². The van der Waals surface area contributed by atoms with Crippen molar-refractivity contribution in [1.29, 1.82) is 0 Å². The van der Waals surface area contributed by atoms with Crippen LogP contribution in [-0.4, -0.2) is 40.5 Å². The van der Waals surface area contributed by atoms with Crippen LogP contribution in [0.3, 0.4) is 0 Å². The van der Waals surface area contributed by atoms with E-state index in [9.17, 15) is 9.59 Å². The molecule has 1 heterocycles. The van der Waals surface area contributed by atoms with E-state index in [4.69, 9.17) is 0 Å². The molecule has 7 heteroatoms. The summed E-state index contributed by atoms with van der Waals surface area (Å²) >= 11 is 0. The number of carbonyl (C=O) groups excluding carboxylic acids is 2. The number of nitrogens with zero attached hydrogens (tertiary/aromatic N) is 3. The van der Waals surface area contributed by atoms with Crippen molar-refractivity contribution in [3.8, 4) is 0 Å². The van der Waals surface area contributed by atoms with Crippen molar-refractivity contribution in [2.75, 3.05) is 13.7 Å². The molecule has 106 valence electrons. The summed E-state index contributed by atoms with van der Waals surface area (Å²) in [5.74, 6) is -0.709. The zero-order valence-electron chi connectivity index (χ0n) is 11.5. The van der Waals surface area contributed by atoms with Gasteiger partial charge < -0.3 is 10.1 Å². The van der Waals surface area contributed by atoms with Crippen LogP contribution < -0.4 is 5.32 Å². The summed E-state index contributed by atoms with van der Waals surface area (Å²) in [4.78, 5) is 23.1. The van der Waals surface area contributed by atoms with Crippen molar-refractivity contribution in [3.05, 3.63) is 11.9 Å². The molecule has 0 aliphatic heterocycles. The molecule has 1 atom stereocenters. The summed E-state index contributed by atoms with van der Waals surface area (Å²) in [5.41, 5.74) is 0.0909. The van der Waals surface area contributed by atoms with Crippen LogP contribution in [0.2, 0.25) is 0 Å². The fraction of sp³-hybridized carbons (Fsp3) is 0.667. The quantitative estimate of drug-likeness (QED) is 0.587. The van der Waals surface area contributed by atoms with Crippen LogP contribution in [0, 0.1) is 0 Å². The van der Waals surface area contributed by atoms with Crippen LogP contribution in [0.1, 0.15) is 49.6 Å². The summed E-state index contributed by atoms with van der Waals surface area (Å²) in [6, 6.07) is -0.507. The normalized spacial score (nSPS) is 11.9. The van der Waals surface area contributed by atoms with E-state index in [0.717, 1.165) is 19.3 Å². The van der Waals surface area contributed by atoms with Gasteiger partial charge in [-0.25, -0.2) is 9.48 Å². The van der Waals surface area contributed by atoms with Crippen LogP contribution in [0.25, 0.3) is 0 Å². The molecule has 0 fully saturated rings. The van der Waals surface area contributed by atoms with Gasteiger partial charge in [-0.15, -0.1) is 5.10 Å². The van der Waals surface area contributed by atoms with Gasteiger partial charge in [-0.05, 0) is 13.3 Å². The number of hydrogen-bond acceptors (Lipinski definition) is 5. The lowest BCUT2D eigenvalue weighted by molar-refractivity contribution is -0.124. The molecule has 1 N–H and O–H groups in total. The summed E-state index contributed by atoms with van der Waals surface area (Å²) < 4.78 is 5.87.